The van der Waals surface area contributed by atoms with Crippen molar-refractivity contribution in [2.45, 2.75) is 83.7 Å². The molecule has 2 spiro atoms. The topological polar surface area (TPSA) is 90.9 Å². The van der Waals surface area contributed by atoms with Gasteiger partial charge < -0.3 is 24.8 Å². The van der Waals surface area contributed by atoms with Gasteiger partial charge in [0.05, 0.1) is 11.8 Å². The van der Waals surface area contributed by atoms with E-state index in [1.165, 1.54) is 69.6 Å². The first-order chi connectivity index (χ1) is 21.7. The van der Waals surface area contributed by atoms with E-state index in [4.69, 9.17) is 4.74 Å². The summed E-state index contributed by atoms with van der Waals surface area (Å²) in [6, 6.07) is 4.06. The molecule has 3 aliphatic heterocycles. The molecule has 2 atom stereocenters. The van der Waals surface area contributed by atoms with Crippen molar-refractivity contribution in [3.63, 3.8) is 0 Å². The fourth-order valence-electron chi connectivity index (χ4n) is 9.35. The van der Waals surface area contributed by atoms with Gasteiger partial charge in [-0.25, -0.2) is 14.4 Å². The predicted octanol–water partition coefficient (Wildman–Crippen LogP) is 5.27. The molecular weight excluding hydrogens is 571 g/mol. The van der Waals surface area contributed by atoms with Crippen LogP contribution in [0.15, 0.2) is 30.7 Å². The second-order valence-corrected chi connectivity index (χ2v) is 14.8. The van der Waals surface area contributed by atoms with Gasteiger partial charge in [-0.15, -0.1) is 0 Å². The lowest BCUT2D eigenvalue weighted by atomic mass is 9.67. The molecule has 10 heteroatoms. The summed E-state index contributed by atoms with van der Waals surface area (Å²) in [5, 5.41) is 3.37. The monoisotopic (exact) mass is 618 g/mol. The number of carbonyl (C=O) groups excluding carboxylic acids is 2. The van der Waals surface area contributed by atoms with Crippen molar-refractivity contribution in [3.05, 3.63) is 42.1 Å². The van der Waals surface area contributed by atoms with Crippen LogP contribution in [0, 0.1) is 29.0 Å². The number of carbonyl (C=O) groups is 2. The van der Waals surface area contributed by atoms with Crippen LogP contribution >= 0.6 is 0 Å². The summed E-state index contributed by atoms with van der Waals surface area (Å²) in [5.74, 6) is 3.28. The van der Waals surface area contributed by atoms with Crippen molar-refractivity contribution in [1.29, 1.82) is 0 Å². The first-order valence-electron chi connectivity index (χ1n) is 17.0. The summed E-state index contributed by atoms with van der Waals surface area (Å²) >= 11 is 0. The minimum Gasteiger partial charge on any atom is -0.451 e. The molecule has 1 aromatic heterocycles. The van der Waals surface area contributed by atoms with Crippen molar-refractivity contribution < 1.29 is 18.7 Å². The molecule has 2 amide bonds. The van der Waals surface area contributed by atoms with E-state index in [1.807, 2.05) is 20.8 Å². The number of benzene rings is 1. The Morgan fingerprint density at radius 2 is 1.87 bits per heavy atom. The average Bonchev–Trinajstić information content (AvgIpc) is 3.47. The van der Waals surface area contributed by atoms with Gasteiger partial charge in [0.1, 0.15) is 17.9 Å². The first-order valence-corrected chi connectivity index (χ1v) is 17.0. The van der Waals surface area contributed by atoms with Gasteiger partial charge in [0.15, 0.2) is 11.6 Å². The molecule has 2 saturated carbocycles. The number of aromatic nitrogens is 2. The average molecular weight is 619 g/mol. The summed E-state index contributed by atoms with van der Waals surface area (Å²) in [6.45, 7) is 11.6. The van der Waals surface area contributed by atoms with Crippen molar-refractivity contribution in [1.82, 2.24) is 25.1 Å². The summed E-state index contributed by atoms with van der Waals surface area (Å²) < 4.78 is 20.6. The number of anilines is 1. The Morgan fingerprint density at radius 1 is 1.13 bits per heavy atom. The number of piperidine rings is 1. The quantitative estimate of drug-likeness (QED) is 0.431. The van der Waals surface area contributed by atoms with Gasteiger partial charge in [0, 0.05) is 49.6 Å². The molecule has 2 unspecified atom stereocenters. The third kappa shape index (κ3) is 5.79. The lowest BCUT2D eigenvalue weighted by Gasteiger charge is -2.55. The van der Waals surface area contributed by atoms with Crippen LogP contribution in [-0.4, -0.2) is 82.4 Å². The molecule has 9 nitrogen and oxygen atoms in total. The fraction of sp³-hybridized carbons (Fsp3) is 0.657. The van der Waals surface area contributed by atoms with E-state index in [0.717, 1.165) is 50.4 Å². The minimum absolute atomic E-state index is 0.0241. The van der Waals surface area contributed by atoms with Crippen LogP contribution in [0.4, 0.5) is 10.2 Å². The largest absolute Gasteiger partial charge is 0.451 e. The normalized spacial score (nSPS) is 28.9. The number of nitrogens with one attached hydrogen (secondary N) is 1. The van der Waals surface area contributed by atoms with E-state index in [1.54, 1.807) is 11.1 Å². The van der Waals surface area contributed by atoms with Gasteiger partial charge in [0.25, 0.3) is 5.91 Å². The highest BCUT2D eigenvalue weighted by molar-refractivity contribution is 5.97. The third-order valence-corrected chi connectivity index (χ3v) is 11.7. The van der Waals surface area contributed by atoms with Crippen LogP contribution in [0.25, 0.3) is 0 Å². The van der Waals surface area contributed by atoms with Gasteiger partial charge in [-0.1, -0.05) is 0 Å². The van der Waals surface area contributed by atoms with Crippen LogP contribution < -0.4 is 15.0 Å². The van der Waals surface area contributed by atoms with Gasteiger partial charge in [-0.05, 0) is 115 Å². The van der Waals surface area contributed by atoms with Gasteiger partial charge in [-0.3, -0.25) is 9.59 Å². The maximum Gasteiger partial charge on any atom is 0.257 e. The van der Waals surface area contributed by atoms with Crippen LogP contribution in [-0.2, 0) is 4.79 Å². The van der Waals surface area contributed by atoms with Crippen LogP contribution in [0.1, 0.15) is 82.5 Å². The molecule has 3 saturated heterocycles. The lowest BCUT2D eigenvalue weighted by molar-refractivity contribution is -0.120. The Balaban J connectivity index is 0.968. The zero-order valence-corrected chi connectivity index (χ0v) is 26.9. The maximum absolute atomic E-state index is 14.3. The Hall–Kier alpha value is -3.27. The molecule has 45 heavy (non-hydrogen) atoms. The van der Waals surface area contributed by atoms with E-state index >= 15 is 0 Å². The summed E-state index contributed by atoms with van der Waals surface area (Å²) in [5.41, 5.74) is 0.572. The molecule has 4 heterocycles. The lowest BCUT2D eigenvalue weighted by Crippen LogP contribution is -2.61. The zero-order chi connectivity index (χ0) is 31.3. The predicted molar refractivity (Wildman–Crippen MR) is 170 cm³/mol. The molecule has 0 radical (unpaired) electrons. The Bertz CT molecular complexity index is 1420. The SMILES string of the molecule is CCN(C(=O)c1cc(F)ccc1Oc1cncnc1N1CC2(CCN(CC3C4CCC3CC3(CCC(=O)N3)C4)CC2)C1)C(C)C. The Morgan fingerprint density at radius 3 is 2.51 bits per heavy atom. The van der Waals surface area contributed by atoms with Crippen molar-refractivity contribution in [2.75, 3.05) is 44.2 Å². The Kier molecular flexibility index (Phi) is 7.99. The van der Waals surface area contributed by atoms with Gasteiger partial charge >= 0.3 is 0 Å². The van der Waals surface area contributed by atoms with E-state index < -0.39 is 5.82 Å². The van der Waals surface area contributed by atoms with Gasteiger partial charge in [0.2, 0.25) is 5.91 Å². The smallest absolute Gasteiger partial charge is 0.257 e. The van der Waals surface area contributed by atoms with Crippen molar-refractivity contribution >= 4 is 17.6 Å². The number of rotatable bonds is 8. The van der Waals surface area contributed by atoms with Crippen molar-refractivity contribution in [2.24, 2.45) is 23.2 Å². The highest BCUT2D eigenvalue weighted by atomic mass is 19.1. The summed E-state index contributed by atoms with van der Waals surface area (Å²) in [7, 11) is 0. The van der Waals surface area contributed by atoms with E-state index in [2.05, 4.69) is 25.1 Å². The van der Waals surface area contributed by atoms with Crippen molar-refractivity contribution in [3.8, 4) is 11.5 Å². The highest BCUT2D eigenvalue weighted by Gasteiger charge is 2.53. The second kappa shape index (κ2) is 11.8. The molecular formula is C35H47FN6O3. The number of hydrogen-bond donors (Lipinski definition) is 1. The number of nitrogens with zero attached hydrogens (tertiary/aromatic N) is 5. The first kappa shape index (κ1) is 30.4. The van der Waals surface area contributed by atoms with Gasteiger partial charge in [-0.2, -0.15) is 0 Å². The highest BCUT2D eigenvalue weighted by Crippen LogP contribution is 2.53. The van der Waals surface area contributed by atoms with E-state index in [-0.39, 0.29) is 34.4 Å². The molecule has 5 fully saturated rings. The van der Waals surface area contributed by atoms with Crippen LogP contribution in [0.2, 0.25) is 0 Å². The fourth-order valence-corrected chi connectivity index (χ4v) is 9.35. The Labute approximate surface area is 265 Å². The number of likely N-dealkylation sites (tertiary alicyclic amines) is 1. The molecule has 1 aromatic carbocycles. The molecule has 2 aromatic rings. The molecule has 5 aliphatic rings. The third-order valence-electron chi connectivity index (χ3n) is 11.7. The summed E-state index contributed by atoms with van der Waals surface area (Å²) in [4.78, 5) is 40.8. The molecule has 2 aliphatic carbocycles. The molecule has 7 rings (SSSR count). The molecule has 1 N–H and O–H groups in total. The maximum atomic E-state index is 14.3. The van der Waals surface area contributed by atoms with E-state index in [9.17, 15) is 14.0 Å². The minimum atomic E-state index is -0.478. The number of amides is 2. The standard InChI is InChI=1S/C35H47FN6O3/c1-4-42(23(2)3)33(44)27-15-26(36)7-8-29(27)45-30-18-37-22-38-32(30)41-20-34(21-41)11-13-40(14-12-34)19-28-24-5-6-25(28)17-35(16-24)10-9-31(43)39-35/h7-8,15,18,22-25,28H,4-6,9-14,16-17,19-21H2,1-3H3,(H,39,43). The summed E-state index contributed by atoms with van der Waals surface area (Å²) in [6.07, 6.45) is 12.3. The number of fused-ring (bicyclic) bond motifs is 2. The molecule has 242 valence electrons. The number of ether oxygens (including phenoxy) is 1. The molecule has 2 bridgehead atoms. The number of halogens is 1. The van der Waals surface area contributed by atoms with Crippen LogP contribution in [0.5, 0.6) is 11.5 Å². The zero-order valence-electron chi connectivity index (χ0n) is 26.9. The van der Waals surface area contributed by atoms with Crippen LogP contribution in [0.3, 0.4) is 0 Å². The number of hydrogen-bond acceptors (Lipinski definition) is 7. The van der Waals surface area contributed by atoms with E-state index in [0.29, 0.717) is 30.3 Å². The second-order valence-electron chi connectivity index (χ2n) is 14.8.